The summed E-state index contributed by atoms with van der Waals surface area (Å²) < 4.78 is 0. The fourth-order valence-electron chi connectivity index (χ4n) is 2.21. The maximum Gasteiger partial charge on any atom is 0.239 e. The van der Waals surface area contributed by atoms with E-state index in [0.717, 1.165) is 6.54 Å². The van der Waals surface area contributed by atoms with E-state index < -0.39 is 0 Å². The van der Waals surface area contributed by atoms with Gasteiger partial charge < -0.3 is 21.3 Å². The van der Waals surface area contributed by atoms with E-state index in [9.17, 15) is 9.59 Å². The predicted octanol–water partition coefficient (Wildman–Crippen LogP) is -0.104. The lowest BCUT2D eigenvalue weighted by molar-refractivity contribution is -0.125. The summed E-state index contributed by atoms with van der Waals surface area (Å²) in [4.78, 5) is 24.5. The molecule has 0 aromatic heterocycles. The summed E-state index contributed by atoms with van der Waals surface area (Å²) in [5, 5.41) is 5.22. The lowest BCUT2D eigenvalue weighted by atomic mass is 10.2. The van der Waals surface area contributed by atoms with Crippen LogP contribution in [0.15, 0.2) is 0 Å². The maximum atomic E-state index is 11.4. The topological polar surface area (TPSA) is 87.5 Å². The van der Waals surface area contributed by atoms with Crippen LogP contribution in [0.5, 0.6) is 0 Å². The highest BCUT2D eigenvalue weighted by Gasteiger charge is 2.18. The van der Waals surface area contributed by atoms with Crippen molar-refractivity contribution in [3.05, 3.63) is 0 Å². The van der Waals surface area contributed by atoms with Gasteiger partial charge in [-0.15, -0.1) is 24.8 Å². The van der Waals surface area contributed by atoms with Gasteiger partial charge in [-0.3, -0.25) is 9.59 Å². The number of hydrogen-bond donors (Lipinski definition) is 3. The molecule has 1 rings (SSSR count). The molecule has 0 saturated heterocycles. The summed E-state index contributed by atoms with van der Waals surface area (Å²) in [7, 11) is 2.10. The highest BCUT2D eigenvalue weighted by molar-refractivity contribution is 5.86. The van der Waals surface area contributed by atoms with Gasteiger partial charge in [0.15, 0.2) is 0 Å². The third kappa shape index (κ3) is 8.58. The average Bonchev–Trinajstić information content (AvgIpc) is 2.89. The first-order valence-corrected chi connectivity index (χ1v) is 6.57. The first-order valence-electron chi connectivity index (χ1n) is 6.57. The zero-order valence-corrected chi connectivity index (χ0v) is 13.5. The molecule has 120 valence electrons. The predicted molar refractivity (Wildman–Crippen MR) is 84.5 cm³/mol. The molecule has 1 saturated carbocycles. The second-order valence-corrected chi connectivity index (χ2v) is 4.75. The Morgan fingerprint density at radius 3 is 2.30 bits per heavy atom. The number of carbonyl (C=O) groups excluding carboxylic acids is 2. The van der Waals surface area contributed by atoms with Crippen LogP contribution in [-0.4, -0.2) is 56.0 Å². The van der Waals surface area contributed by atoms with Gasteiger partial charge >= 0.3 is 0 Å². The zero-order valence-electron chi connectivity index (χ0n) is 11.9. The van der Waals surface area contributed by atoms with E-state index in [1.807, 2.05) is 0 Å². The molecule has 1 fully saturated rings. The molecule has 0 unspecified atom stereocenters. The number of hydrogen-bond acceptors (Lipinski definition) is 4. The molecule has 0 aliphatic heterocycles. The quantitative estimate of drug-likeness (QED) is 0.608. The molecular weight excluding hydrogens is 303 g/mol. The third-order valence-corrected chi connectivity index (χ3v) is 3.37. The largest absolute Gasteiger partial charge is 0.353 e. The minimum absolute atomic E-state index is 0. The molecule has 0 spiro atoms. The summed E-state index contributed by atoms with van der Waals surface area (Å²) in [5.41, 5.74) is 5.12. The molecule has 6 nitrogen and oxygen atoms in total. The molecule has 0 atom stereocenters. The van der Waals surface area contributed by atoms with Crippen molar-refractivity contribution in [1.82, 2.24) is 15.5 Å². The van der Waals surface area contributed by atoms with Gasteiger partial charge in [0.25, 0.3) is 0 Å². The van der Waals surface area contributed by atoms with Crippen molar-refractivity contribution in [1.29, 1.82) is 0 Å². The molecule has 0 heterocycles. The van der Waals surface area contributed by atoms with Gasteiger partial charge in [0.1, 0.15) is 0 Å². The smallest absolute Gasteiger partial charge is 0.239 e. The van der Waals surface area contributed by atoms with Gasteiger partial charge in [-0.1, -0.05) is 12.8 Å². The Hall–Kier alpha value is -0.560. The van der Waals surface area contributed by atoms with Gasteiger partial charge in [-0.2, -0.15) is 0 Å². The number of nitrogens with one attached hydrogen (secondary N) is 2. The molecule has 0 aromatic rings. The van der Waals surface area contributed by atoms with Crippen molar-refractivity contribution in [2.45, 2.75) is 31.7 Å². The Labute approximate surface area is 133 Å². The van der Waals surface area contributed by atoms with Crippen LogP contribution in [-0.2, 0) is 9.59 Å². The van der Waals surface area contributed by atoms with Crippen LogP contribution >= 0.6 is 24.8 Å². The van der Waals surface area contributed by atoms with E-state index >= 15 is 0 Å². The number of amides is 2. The van der Waals surface area contributed by atoms with E-state index in [-0.39, 0.29) is 49.7 Å². The Bertz CT molecular complexity index is 287. The normalized spacial score (nSPS) is 14.3. The van der Waals surface area contributed by atoms with Gasteiger partial charge in [-0.05, 0) is 19.9 Å². The number of nitrogens with zero attached hydrogens (tertiary/aromatic N) is 1. The van der Waals surface area contributed by atoms with Gasteiger partial charge in [0.05, 0.1) is 13.1 Å². The standard InChI is InChI=1S/C12H24N4O2.2ClH/c1-16(10-4-2-3-5-10)7-6-14-12(18)9-15-11(17)8-13;;/h10H,2-9,13H2,1H3,(H,14,18)(H,15,17);2*1H. The Morgan fingerprint density at radius 1 is 1.15 bits per heavy atom. The highest BCUT2D eigenvalue weighted by atomic mass is 35.5. The number of halogens is 2. The molecule has 0 bridgehead atoms. The van der Waals surface area contributed by atoms with Crippen LogP contribution in [0.3, 0.4) is 0 Å². The summed E-state index contributed by atoms with van der Waals surface area (Å²) >= 11 is 0. The van der Waals surface area contributed by atoms with Crippen molar-refractivity contribution in [2.75, 3.05) is 33.2 Å². The molecule has 1 aliphatic rings. The van der Waals surface area contributed by atoms with Gasteiger partial charge in [0.2, 0.25) is 11.8 Å². The van der Waals surface area contributed by atoms with Crippen LogP contribution < -0.4 is 16.4 Å². The summed E-state index contributed by atoms with van der Waals surface area (Å²) in [6.45, 7) is 1.38. The third-order valence-electron chi connectivity index (χ3n) is 3.37. The first kappa shape index (κ1) is 21.7. The molecule has 8 heteroatoms. The van der Waals surface area contributed by atoms with Crippen LogP contribution in [0.1, 0.15) is 25.7 Å². The Kier molecular flexibility index (Phi) is 13.3. The highest BCUT2D eigenvalue weighted by Crippen LogP contribution is 2.21. The fraction of sp³-hybridized carbons (Fsp3) is 0.833. The lowest BCUT2D eigenvalue weighted by Crippen LogP contribution is -2.42. The van der Waals surface area contributed by atoms with Crippen molar-refractivity contribution in [2.24, 2.45) is 5.73 Å². The minimum Gasteiger partial charge on any atom is -0.353 e. The molecular formula is C12H26Cl2N4O2. The minimum atomic E-state index is -0.312. The number of rotatable bonds is 7. The number of nitrogens with two attached hydrogens (primary N) is 1. The zero-order chi connectivity index (χ0) is 13.4. The van der Waals surface area contributed by atoms with E-state index in [1.54, 1.807) is 0 Å². The monoisotopic (exact) mass is 328 g/mol. The van der Waals surface area contributed by atoms with Crippen molar-refractivity contribution in [3.8, 4) is 0 Å². The number of carbonyl (C=O) groups is 2. The van der Waals surface area contributed by atoms with E-state index in [4.69, 9.17) is 5.73 Å². The van der Waals surface area contributed by atoms with Crippen LogP contribution in [0.4, 0.5) is 0 Å². The van der Waals surface area contributed by atoms with Gasteiger partial charge in [0, 0.05) is 19.1 Å². The van der Waals surface area contributed by atoms with Crippen LogP contribution in [0.2, 0.25) is 0 Å². The Morgan fingerprint density at radius 2 is 1.75 bits per heavy atom. The van der Waals surface area contributed by atoms with Crippen molar-refractivity contribution >= 4 is 36.6 Å². The molecule has 2 amide bonds. The van der Waals surface area contributed by atoms with Crippen LogP contribution in [0, 0.1) is 0 Å². The summed E-state index contributed by atoms with van der Waals surface area (Å²) in [6.07, 6.45) is 5.15. The SMILES string of the molecule is CN(CCNC(=O)CNC(=O)CN)C1CCCC1.Cl.Cl. The lowest BCUT2D eigenvalue weighted by Gasteiger charge is -2.23. The van der Waals surface area contributed by atoms with E-state index in [2.05, 4.69) is 22.6 Å². The van der Waals surface area contributed by atoms with Gasteiger partial charge in [-0.25, -0.2) is 0 Å². The second-order valence-electron chi connectivity index (χ2n) is 4.75. The van der Waals surface area contributed by atoms with Crippen molar-refractivity contribution < 1.29 is 9.59 Å². The summed E-state index contributed by atoms with van der Waals surface area (Å²) in [5.74, 6) is -0.482. The Balaban J connectivity index is 0. The van der Waals surface area contributed by atoms with E-state index in [1.165, 1.54) is 25.7 Å². The molecule has 4 N–H and O–H groups in total. The first-order chi connectivity index (χ1) is 8.63. The molecule has 0 radical (unpaired) electrons. The molecule has 1 aliphatic carbocycles. The molecule has 20 heavy (non-hydrogen) atoms. The van der Waals surface area contributed by atoms with Crippen LogP contribution in [0.25, 0.3) is 0 Å². The molecule has 0 aromatic carbocycles. The van der Waals surface area contributed by atoms with E-state index in [0.29, 0.717) is 12.6 Å². The van der Waals surface area contributed by atoms with Crippen molar-refractivity contribution in [3.63, 3.8) is 0 Å². The average molecular weight is 329 g/mol. The summed E-state index contributed by atoms with van der Waals surface area (Å²) in [6, 6.07) is 0.666. The number of likely N-dealkylation sites (N-methyl/N-ethyl adjacent to an activating group) is 1. The fourth-order valence-corrected chi connectivity index (χ4v) is 2.21. The second kappa shape index (κ2) is 12.2. The maximum absolute atomic E-state index is 11.4.